The Labute approximate surface area is 185 Å². The van der Waals surface area contributed by atoms with Crippen molar-refractivity contribution in [3.63, 3.8) is 0 Å². The van der Waals surface area contributed by atoms with Gasteiger partial charge in [0.15, 0.2) is 11.5 Å². The average Bonchev–Trinajstić information content (AvgIpc) is 3.51. The Morgan fingerprint density at radius 1 is 1.26 bits per heavy atom. The Morgan fingerprint density at radius 3 is 3.10 bits per heavy atom. The first-order chi connectivity index (χ1) is 15.2. The van der Waals surface area contributed by atoms with Crippen LogP contribution in [0.1, 0.15) is 17.5 Å². The first-order valence-electron chi connectivity index (χ1n) is 10.3. The number of aromatic nitrogens is 1. The molecular formula is C23H24ClN3O4. The van der Waals surface area contributed by atoms with Gasteiger partial charge >= 0.3 is 0 Å². The number of hydrogen-bond acceptors (Lipinski definition) is 6. The van der Waals surface area contributed by atoms with Crippen LogP contribution in [-0.2, 0) is 17.7 Å². The highest BCUT2D eigenvalue weighted by molar-refractivity contribution is 6.31. The zero-order valence-electron chi connectivity index (χ0n) is 17.2. The number of benzene rings is 2. The molecule has 0 saturated heterocycles. The number of halogens is 1. The molecule has 0 spiro atoms. The van der Waals surface area contributed by atoms with E-state index in [1.54, 1.807) is 7.11 Å². The molecule has 0 aliphatic carbocycles. The van der Waals surface area contributed by atoms with Gasteiger partial charge in [0.1, 0.15) is 6.10 Å². The number of H-pyrrole nitrogens is 1. The number of methoxy groups -OCH3 is 1. The molecule has 8 heteroatoms. The third-order valence-electron chi connectivity index (χ3n) is 5.61. The molecule has 5 rings (SSSR count). The van der Waals surface area contributed by atoms with E-state index in [0.717, 1.165) is 47.6 Å². The third-order valence-corrected chi connectivity index (χ3v) is 5.84. The van der Waals surface area contributed by atoms with Crippen molar-refractivity contribution >= 4 is 28.2 Å². The number of rotatable bonds is 8. The molecule has 2 N–H and O–H groups in total. The second-order valence-electron chi connectivity index (χ2n) is 7.76. The first kappa shape index (κ1) is 20.0. The molecule has 0 fully saturated rings. The van der Waals surface area contributed by atoms with E-state index in [1.165, 1.54) is 10.9 Å². The molecule has 2 aromatic carbocycles. The van der Waals surface area contributed by atoms with Crippen LogP contribution < -0.4 is 19.5 Å². The maximum absolute atomic E-state index is 6.13. The lowest BCUT2D eigenvalue weighted by Crippen LogP contribution is -2.25. The summed E-state index contributed by atoms with van der Waals surface area (Å²) < 4.78 is 16.4. The molecule has 1 aromatic heterocycles. The summed E-state index contributed by atoms with van der Waals surface area (Å²) in [5.74, 6) is 2.07. The van der Waals surface area contributed by atoms with E-state index in [2.05, 4.69) is 21.7 Å². The average molecular weight is 442 g/mol. The van der Waals surface area contributed by atoms with Crippen molar-refractivity contribution in [1.82, 2.24) is 10.3 Å². The smallest absolute Gasteiger partial charge is 0.231 e. The summed E-state index contributed by atoms with van der Waals surface area (Å²) in [6.07, 6.45) is 4.50. The van der Waals surface area contributed by atoms with Gasteiger partial charge in [-0.05, 0) is 54.4 Å². The Kier molecular flexibility index (Phi) is 5.61. The molecule has 2 aliphatic heterocycles. The van der Waals surface area contributed by atoms with E-state index >= 15 is 0 Å². The van der Waals surface area contributed by atoms with Gasteiger partial charge in [-0.2, -0.15) is 0 Å². The molecule has 2 aliphatic rings. The minimum absolute atomic E-state index is 0.0117. The summed E-state index contributed by atoms with van der Waals surface area (Å²) in [7, 11) is 1.63. The maximum Gasteiger partial charge on any atom is 0.231 e. The second kappa shape index (κ2) is 8.69. The van der Waals surface area contributed by atoms with Crippen molar-refractivity contribution in [3.05, 3.63) is 52.7 Å². The normalized spacial score (nSPS) is 17.1. The van der Waals surface area contributed by atoms with E-state index in [1.807, 2.05) is 30.3 Å². The Hall–Kier alpha value is -2.90. The Morgan fingerprint density at radius 2 is 2.19 bits per heavy atom. The Bertz CT molecular complexity index is 1130. The van der Waals surface area contributed by atoms with Gasteiger partial charge in [0.25, 0.3) is 0 Å². The number of nitrogens with zero attached hydrogens (tertiary/aromatic N) is 1. The van der Waals surface area contributed by atoms with Gasteiger partial charge < -0.3 is 29.3 Å². The number of hydrogen-bond donors (Lipinski definition) is 2. The minimum Gasteiger partial charge on any atom is -0.493 e. The van der Waals surface area contributed by atoms with Crippen LogP contribution in [0.25, 0.3) is 10.9 Å². The lowest BCUT2D eigenvalue weighted by atomic mass is 10.0. The van der Waals surface area contributed by atoms with Crippen molar-refractivity contribution in [3.8, 4) is 17.2 Å². The van der Waals surface area contributed by atoms with Gasteiger partial charge in [0.2, 0.25) is 12.5 Å². The first-order valence-corrected chi connectivity index (χ1v) is 10.7. The molecule has 0 saturated carbocycles. The predicted molar refractivity (Wildman–Crippen MR) is 120 cm³/mol. The zero-order valence-corrected chi connectivity index (χ0v) is 18.0. The van der Waals surface area contributed by atoms with Crippen molar-refractivity contribution < 1.29 is 19.0 Å². The molecule has 7 nitrogen and oxygen atoms in total. The van der Waals surface area contributed by atoms with Crippen LogP contribution in [0.3, 0.4) is 0 Å². The SMILES string of the molecule is COc1cc(C[C@@H]2CC(CNCCc3c[nH]c4ccc(Cl)cc34)=NO2)cc2c1OCO2. The molecule has 162 valence electrons. The van der Waals surface area contributed by atoms with Crippen LogP contribution in [0.15, 0.2) is 41.7 Å². The molecule has 1 atom stereocenters. The maximum atomic E-state index is 6.13. The fraction of sp³-hybridized carbons (Fsp3) is 0.348. The number of oxime groups is 1. The van der Waals surface area contributed by atoms with Gasteiger partial charge in [-0.1, -0.05) is 16.8 Å². The highest BCUT2D eigenvalue weighted by Gasteiger charge is 2.25. The third kappa shape index (κ3) is 4.29. The van der Waals surface area contributed by atoms with Gasteiger partial charge in [0.05, 0.1) is 12.8 Å². The predicted octanol–water partition coefficient (Wildman–Crippen LogP) is 4.08. The van der Waals surface area contributed by atoms with Crippen LogP contribution in [-0.4, -0.2) is 43.8 Å². The molecule has 0 bridgehead atoms. The molecule has 0 radical (unpaired) electrons. The standard InChI is InChI=1S/C23H24ClN3O4/c1-28-21-7-14(8-22-23(21)30-13-29-22)6-18-10-17(27-31-18)12-25-5-4-15-11-26-20-3-2-16(24)9-19(15)20/h2-3,7-9,11,18,25-26H,4-6,10,12-13H2,1H3/t18-/m1/s1. The summed E-state index contributed by atoms with van der Waals surface area (Å²) in [4.78, 5) is 8.95. The molecule has 3 aromatic rings. The zero-order chi connectivity index (χ0) is 21.2. The lowest BCUT2D eigenvalue weighted by Gasteiger charge is -2.11. The highest BCUT2D eigenvalue weighted by Crippen LogP contribution is 2.42. The minimum atomic E-state index is 0.0117. The number of nitrogens with one attached hydrogen (secondary N) is 2. The van der Waals surface area contributed by atoms with Gasteiger partial charge in [-0.25, -0.2) is 0 Å². The fourth-order valence-corrected chi connectivity index (χ4v) is 4.25. The summed E-state index contributed by atoms with van der Waals surface area (Å²) in [5, 5.41) is 9.67. The van der Waals surface area contributed by atoms with Gasteiger partial charge in [0, 0.05) is 41.5 Å². The van der Waals surface area contributed by atoms with E-state index in [9.17, 15) is 0 Å². The number of ether oxygens (including phenoxy) is 3. The summed E-state index contributed by atoms with van der Waals surface area (Å²) >= 11 is 6.13. The van der Waals surface area contributed by atoms with E-state index < -0.39 is 0 Å². The Balaban J connectivity index is 1.10. The van der Waals surface area contributed by atoms with Gasteiger partial charge in [-0.3, -0.25) is 0 Å². The van der Waals surface area contributed by atoms with Crippen molar-refractivity contribution in [2.45, 2.75) is 25.4 Å². The summed E-state index contributed by atoms with van der Waals surface area (Å²) in [6.45, 7) is 1.78. The quantitative estimate of drug-likeness (QED) is 0.515. The molecule has 31 heavy (non-hydrogen) atoms. The monoisotopic (exact) mass is 441 g/mol. The topological polar surface area (TPSA) is 77.1 Å². The highest BCUT2D eigenvalue weighted by atomic mass is 35.5. The van der Waals surface area contributed by atoms with Crippen LogP contribution in [0, 0.1) is 0 Å². The number of fused-ring (bicyclic) bond motifs is 2. The van der Waals surface area contributed by atoms with Crippen LogP contribution in [0.5, 0.6) is 17.2 Å². The molecule has 0 amide bonds. The second-order valence-corrected chi connectivity index (χ2v) is 8.19. The lowest BCUT2D eigenvalue weighted by molar-refractivity contribution is 0.0858. The van der Waals surface area contributed by atoms with E-state index in [4.69, 9.17) is 30.6 Å². The van der Waals surface area contributed by atoms with Crippen LogP contribution in [0.2, 0.25) is 5.02 Å². The molecule has 3 heterocycles. The van der Waals surface area contributed by atoms with Gasteiger partial charge in [-0.15, -0.1) is 0 Å². The molecular weight excluding hydrogens is 418 g/mol. The summed E-state index contributed by atoms with van der Waals surface area (Å²) in [6, 6.07) is 9.87. The van der Waals surface area contributed by atoms with Crippen molar-refractivity contribution in [2.24, 2.45) is 5.16 Å². The summed E-state index contributed by atoms with van der Waals surface area (Å²) in [5.41, 5.74) is 4.47. The van der Waals surface area contributed by atoms with E-state index in [0.29, 0.717) is 23.8 Å². The van der Waals surface area contributed by atoms with Crippen molar-refractivity contribution in [1.29, 1.82) is 0 Å². The van der Waals surface area contributed by atoms with Crippen LogP contribution >= 0.6 is 11.6 Å². The largest absolute Gasteiger partial charge is 0.493 e. The number of aromatic amines is 1. The van der Waals surface area contributed by atoms with E-state index in [-0.39, 0.29) is 12.9 Å². The van der Waals surface area contributed by atoms with Crippen LogP contribution in [0.4, 0.5) is 0 Å². The van der Waals surface area contributed by atoms with Crippen molar-refractivity contribution in [2.75, 3.05) is 27.0 Å². The molecule has 0 unspecified atom stereocenters. The fourth-order valence-electron chi connectivity index (χ4n) is 4.08.